The Balaban J connectivity index is 2.25. The molecule has 3 aromatic rings. The number of benzene rings is 2. The number of ketones is 1. The maximum atomic E-state index is 12.5. The van der Waals surface area contributed by atoms with Crippen molar-refractivity contribution < 1.29 is 9.53 Å². The van der Waals surface area contributed by atoms with Gasteiger partial charge in [0.1, 0.15) is 11.5 Å². The highest BCUT2D eigenvalue weighted by atomic mass is 16.5. The number of ether oxygens (including phenoxy) is 1. The predicted molar refractivity (Wildman–Crippen MR) is 126 cm³/mol. The molecule has 0 aliphatic carbocycles. The molecule has 0 spiro atoms. The standard InChI is InChI=1S/C27H29NO3/c1-7-20-14-22(16-28(6)27(20)30)25-21(15-23(29)8-2)10-9-11-24(25)31-26-18(4)12-17(3)13-19(26)5/h8-14,16H,2,7,15H2,1,3-6H3. The van der Waals surface area contributed by atoms with Gasteiger partial charge in [-0.2, -0.15) is 0 Å². The van der Waals surface area contributed by atoms with Crippen molar-refractivity contribution in [2.24, 2.45) is 7.05 Å². The first kappa shape index (κ1) is 22.3. The Labute approximate surface area is 183 Å². The van der Waals surface area contributed by atoms with E-state index in [1.165, 1.54) is 11.6 Å². The molecule has 0 unspecified atom stereocenters. The average Bonchev–Trinajstić information content (AvgIpc) is 2.72. The molecule has 1 heterocycles. The third kappa shape index (κ3) is 4.69. The summed E-state index contributed by atoms with van der Waals surface area (Å²) in [4.78, 5) is 24.7. The molecule has 0 bridgehead atoms. The van der Waals surface area contributed by atoms with Gasteiger partial charge in [0.25, 0.3) is 5.56 Å². The lowest BCUT2D eigenvalue weighted by Gasteiger charge is -2.19. The number of hydrogen-bond acceptors (Lipinski definition) is 3. The fraction of sp³-hybridized carbons (Fsp3) is 0.259. The second-order valence-electron chi connectivity index (χ2n) is 7.99. The summed E-state index contributed by atoms with van der Waals surface area (Å²) in [6.07, 6.45) is 3.98. The summed E-state index contributed by atoms with van der Waals surface area (Å²) in [5.74, 6) is 1.39. The molecule has 31 heavy (non-hydrogen) atoms. The average molecular weight is 416 g/mol. The first-order valence-electron chi connectivity index (χ1n) is 10.5. The summed E-state index contributed by atoms with van der Waals surface area (Å²) in [5.41, 5.74) is 6.49. The molecular formula is C27H29NO3. The van der Waals surface area contributed by atoms with Crippen LogP contribution < -0.4 is 10.3 Å². The summed E-state index contributed by atoms with van der Waals surface area (Å²) < 4.78 is 8.05. The molecule has 1 aromatic heterocycles. The molecule has 0 fully saturated rings. The van der Waals surface area contributed by atoms with Gasteiger partial charge in [-0.25, -0.2) is 0 Å². The number of rotatable bonds is 7. The minimum Gasteiger partial charge on any atom is -0.456 e. The molecule has 0 radical (unpaired) electrons. The number of carbonyl (C=O) groups excluding carboxylic acids is 1. The van der Waals surface area contributed by atoms with E-state index in [9.17, 15) is 9.59 Å². The van der Waals surface area contributed by atoms with Gasteiger partial charge in [0.2, 0.25) is 0 Å². The van der Waals surface area contributed by atoms with Crippen LogP contribution in [0.1, 0.15) is 34.7 Å². The fourth-order valence-corrected chi connectivity index (χ4v) is 4.00. The molecule has 160 valence electrons. The molecule has 2 aromatic carbocycles. The summed E-state index contributed by atoms with van der Waals surface area (Å²) in [6.45, 7) is 11.7. The fourth-order valence-electron chi connectivity index (χ4n) is 4.00. The van der Waals surface area contributed by atoms with Crippen LogP contribution in [0, 0.1) is 20.8 Å². The topological polar surface area (TPSA) is 48.3 Å². The highest BCUT2D eigenvalue weighted by Crippen LogP contribution is 2.39. The van der Waals surface area contributed by atoms with Crippen LogP contribution in [0.3, 0.4) is 0 Å². The Bertz CT molecular complexity index is 1190. The summed E-state index contributed by atoms with van der Waals surface area (Å²) in [5, 5.41) is 0. The van der Waals surface area contributed by atoms with Gasteiger partial charge in [0.05, 0.1) is 0 Å². The third-order valence-corrected chi connectivity index (χ3v) is 5.45. The lowest BCUT2D eigenvalue weighted by Crippen LogP contribution is -2.20. The van der Waals surface area contributed by atoms with Gasteiger partial charge >= 0.3 is 0 Å². The second kappa shape index (κ2) is 9.17. The number of nitrogens with zero attached hydrogens (tertiary/aromatic N) is 1. The molecule has 0 aliphatic heterocycles. The summed E-state index contributed by atoms with van der Waals surface area (Å²) >= 11 is 0. The van der Waals surface area contributed by atoms with Crippen LogP contribution in [0.15, 0.2) is 60.0 Å². The molecule has 3 rings (SSSR count). The monoisotopic (exact) mass is 415 g/mol. The van der Waals surface area contributed by atoms with E-state index in [4.69, 9.17) is 4.74 Å². The van der Waals surface area contributed by atoms with Crippen LogP contribution in [0.4, 0.5) is 0 Å². The Morgan fingerprint density at radius 2 is 1.77 bits per heavy atom. The number of allylic oxidation sites excluding steroid dienone is 1. The van der Waals surface area contributed by atoms with Crippen molar-refractivity contribution in [2.45, 2.75) is 40.5 Å². The third-order valence-electron chi connectivity index (χ3n) is 5.45. The van der Waals surface area contributed by atoms with Gasteiger partial charge in [-0.3, -0.25) is 9.59 Å². The van der Waals surface area contributed by atoms with Gasteiger partial charge in [0.15, 0.2) is 5.78 Å². The van der Waals surface area contributed by atoms with Crippen LogP contribution >= 0.6 is 0 Å². The quantitative estimate of drug-likeness (QED) is 0.470. The maximum Gasteiger partial charge on any atom is 0.253 e. The van der Waals surface area contributed by atoms with Crippen molar-refractivity contribution in [3.8, 4) is 22.6 Å². The SMILES string of the molecule is C=CC(=O)Cc1cccc(Oc2c(C)cc(C)cc2C)c1-c1cc(CC)c(=O)n(C)c1. The smallest absolute Gasteiger partial charge is 0.253 e. The normalized spacial score (nSPS) is 10.7. The van der Waals surface area contributed by atoms with Crippen molar-refractivity contribution in [1.82, 2.24) is 4.57 Å². The van der Waals surface area contributed by atoms with Crippen LogP contribution in [0.25, 0.3) is 11.1 Å². The van der Waals surface area contributed by atoms with Crippen molar-refractivity contribution in [3.05, 3.63) is 93.4 Å². The summed E-state index contributed by atoms with van der Waals surface area (Å²) in [7, 11) is 1.75. The van der Waals surface area contributed by atoms with Gasteiger partial charge in [-0.1, -0.05) is 43.3 Å². The van der Waals surface area contributed by atoms with Gasteiger partial charge in [-0.05, 0) is 62.1 Å². The largest absolute Gasteiger partial charge is 0.456 e. The van der Waals surface area contributed by atoms with Crippen molar-refractivity contribution in [3.63, 3.8) is 0 Å². The number of aryl methyl sites for hydroxylation is 5. The van der Waals surface area contributed by atoms with Gasteiger partial charge in [0, 0.05) is 36.4 Å². The first-order chi connectivity index (χ1) is 14.7. The zero-order valence-corrected chi connectivity index (χ0v) is 18.9. The highest BCUT2D eigenvalue weighted by molar-refractivity contribution is 5.93. The van der Waals surface area contributed by atoms with E-state index in [2.05, 4.69) is 25.6 Å². The van der Waals surface area contributed by atoms with Crippen molar-refractivity contribution in [2.75, 3.05) is 0 Å². The highest BCUT2D eigenvalue weighted by Gasteiger charge is 2.18. The van der Waals surface area contributed by atoms with E-state index in [1.54, 1.807) is 17.8 Å². The van der Waals surface area contributed by atoms with E-state index in [0.717, 1.165) is 39.1 Å². The molecule has 4 heteroatoms. The van der Waals surface area contributed by atoms with Crippen LogP contribution in [0.5, 0.6) is 11.5 Å². The molecule has 4 nitrogen and oxygen atoms in total. The van der Waals surface area contributed by atoms with Crippen molar-refractivity contribution in [1.29, 1.82) is 0 Å². The van der Waals surface area contributed by atoms with E-state index in [0.29, 0.717) is 12.2 Å². The van der Waals surface area contributed by atoms with E-state index in [-0.39, 0.29) is 17.8 Å². The minimum atomic E-state index is -0.0679. The van der Waals surface area contributed by atoms with Gasteiger partial charge < -0.3 is 9.30 Å². The number of aromatic nitrogens is 1. The Morgan fingerprint density at radius 3 is 2.39 bits per heavy atom. The number of carbonyl (C=O) groups is 1. The van der Waals surface area contributed by atoms with E-state index < -0.39 is 0 Å². The molecule has 0 saturated heterocycles. The van der Waals surface area contributed by atoms with Crippen LogP contribution in [-0.2, 0) is 24.7 Å². The Hall–Kier alpha value is -3.40. The summed E-state index contributed by atoms with van der Waals surface area (Å²) in [6, 6.07) is 11.8. The molecule has 0 N–H and O–H groups in total. The van der Waals surface area contributed by atoms with Crippen LogP contribution in [-0.4, -0.2) is 10.4 Å². The second-order valence-corrected chi connectivity index (χ2v) is 7.99. The Kier molecular flexibility index (Phi) is 6.59. The van der Waals surface area contributed by atoms with Crippen LogP contribution in [0.2, 0.25) is 0 Å². The maximum absolute atomic E-state index is 12.5. The lowest BCUT2D eigenvalue weighted by atomic mass is 9.95. The zero-order valence-electron chi connectivity index (χ0n) is 18.9. The molecular weight excluding hydrogens is 386 g/mol. The van der Waals surface area contributed by atoms with E-state index >= 15 is 0 Å². The zero-order chi connectivity index (χ0) is 22.7. The molecule has 0 atom stereocenters. The van der Waals surface area contributed by atoms with E-state index in [1.807, 2.05) is 45.0 Å². The first-order valence-corrected chi connectivity index (χ1v) is 10.5. The molecule has 0 saturated carbocycles. The molecule has 0 aliphatic rings. The molecule has 0 amide bonds. The number of pyridine rings is 1. The lowest BCUT2D eigenvalue weighted by molar-refractivity contribution is -0.114. The number of hydrogen-bond donors (Lipinski definition) is 0. The van der Waals surface area contributed by atoms with Gasteiger partial charge in [-0.15, -0.1) is 0 Å². The minimum absolute atomic E-state index is 0.0152. The predicted octanol–water partition coefficient (Wildman–Crippen LogP) is 5.63. The van der Waals surface area contributed by atoms with Crippen molar-refractivity contribution >= 4 is 5.78 Å². The Morgan fingerprint density at radius 1 is 1.10 bits per heavy atom.